The second-order valence-corrected chi connectivity index (χ2v) is 10.4. The highest BCUT2D eigenvalue weighted by Crippen LogP contribution is 2.20. The monoisotopic (exact) mass is 533 g/mol. The third-order valence-corrected chi connectivity index (χ3v) is 7.07. The lowest BCUT2D eigenvalue weighted by molar-refractivity contribution is -0.121. The zero-order valence-electron chi connectivity index (χ0n) is 17.2. The first-order chi connectivity index (χ1) is 15.2. The van der Waals surface area contributed by atoms with Gasteiger partial charge < -0.3 is 0 Å². The van der Waals surface area contributed by atoms with Gasteiger partial charge in [0.05, 0.1) is 17.7 Å². The van der Waals surface area contributed by atoms with Gasteiger partial charge in [0.1, 0.15) is 0 Å². The Morgan fingerprint density at radius 3 is 2.44 bits per heavy atom. The topological polar surface area (TPSA) is 78.8 Å². The van der Waals surface area contributed by atoms with E-state index in [2.05, 4.69) is 26.5 Å². The first kappa shape index (κ1) is 24.1. The number of hydrogen-bond donors (Lipinski definition) is 1. The Morgan fingerprint density at radius 2 is 1.78 bits per heavy atom. The minimum Gasteiger partial charge on any atom is -0.272 e. The molecule has 6 nitrogen and oxygen atoms in total. The summed E-state index contributed by atoms with van der Waals surface area (Å²) in [6.07, 6.45) is 1.44. The lowest BCUT2D eigenvalue weighted by Crippen LogP contribution is -2.39. The SMILES string of the molecule is Cc1ccc(S(=O)(=O)N(CC(=O)N/N=C\c2cccc(Cl)c2)Cc2ccc(Br)cc2)cc1. The van der Waals surface area contributed by atoms with E-state index in [1.165, 1.54) is 18.3 Å². The molecule has 0 aliphatic rings. The molecule has 0 spiro atoms. The Bertz CT molecular complexity index is 1210. The first-order valence-electron chi connectivity index (χ1n) is 9.63. The molecule has 0 fully saturated rings. The van der Waals surface area contributed by atoms with Crippen molar-refractivity contribution < 1.29 is 13.2 Å². The van der Waals surface area contributed by atoms with Crippen LogP contribution in [0.3, 0.4) is 0 Å². The second-order valence-electron chi connectivity index (χ2n) is 7.06. The lowest BCUT2D eigenvalue weighted by Gasteiger charge is -2.21. The number of hydrogen-bond acceptors (Lipinski definition) is 4. The Kier molecular flexibility index (Phi) is 8.20. The molecule has 3 aromatic carbocycles. The molecule has 1 amide bonds. The molecule has 0 atom stereocenters. The molecule has 3 rings (SSSR count). The van der Waals surface area contributed by atoms with Gasteiger partial charge in [-0.05, 0) is 54.4 Å². The zero-order valence-corrected chi connectivity index (χ0v) is 20.4. The molecule has 0 saturated carbocycles. The van der Waals surface area contributed by atoms with Gasteiger partial charge in [0.25, 0.3) is 5.91 Å². The largest absolute Gasteiger partial charge is 0.272 e. The van der Waals surface area contributed by atoms with E-state index in [0.29, 0.717) is 10.6 Å². The van der Waals surface area contributed by atoms with Crippen molar-refractivity contribution in [1.29, 1.82) is 0 Å². The van der Waals surface area contributed by atoms with E-state index in [1.807, 2.05) is 19.1 Å². The van der Waals surface area contributed by atoms with Crippen LogP contribution in [0.25, 0.3) is 0 Å². The minimum absolute atomic E-state index is 0.0366. The Hall–Kier alpha value is -2.52. The molecule has 0 aromatic heterocycles. The number of sulfonamides is 1. The Balaban J connectivity index is 1.79. The first-order valence-corrected chi connectivity index (χ1v) is 12.2. The fraction of sp³-hybridized carbons (Fsp3) is 0.130. The van der Waals surface area contributed by atoms with Crippen molar-refractivity contribution in [3.05, 3.63) is 99.0 Å². The van der Waals surface area contributed by atoms with Gasteiger partial charge in [-0.2, -0.15) is 9.41 Å². The molecule has 32 heavy (non-hydrogen) atoms. The summed E-state index contributed by atoms with van der Waals surface area (Å²) in [6, 6.07) is 20.7. The van der Waals surface area contributed by atoms with E-state index in [0.717, 1.165) is 19.9 Å². The van der Waals surface area contributed by atoms with Gasteiger partial charge in [0, 0.05) is 16.0 Å². The molecule has 0 aliphatic carbocycles. The van der Waals surface area contributed by atoms with Crippen molar-refractivity contribution in [1.82, 2.24) is 9.73 Å². The molecule has 0 unspecified atom stereocenters. The number of halogens is 2. The van der Waals surface area contributed by atoms with Crippen LogP contribution in [-0.2, 0) is 21.4 Å². The average molecular weight is 535 g/mol. The predicted octanol–water partition coefficient (Wildman–Crippen LogP) is 4.75. The van der Waals surface area contributed by atoms with Crippen LogP contribution in [0, 0.1) is 6.92 Å². The summed E-state index contributed by atoms with van der Waals surface area (Å²) in [4.78, 5) is 12.6. The Labute approximate surface area is 201 Å². The smallest absolute Gasteiger partial charge is 0.255 e. The molecule has 0 aliphatic heterocycles. The van der Waals surface area contributed by atoms with Crippen LogP contribution in [0.1, 0.15) is 16.7 Å². The van der Waals surface area contributed by atoms with Gasteiger partial charge in [-0.25, -0.2) is 13.8 Å². The highest BCUT2D eigenvalue weighted by Gasteiger charge is 2.27. The third-order valence-electron chi connectivity index (χ3n) is 4.50. The van der Waals surface area contributed by atoms with E-state index < -0.39 is 15.9 Å². The fourth-order valence-electron chi connectivity index (χ4n) is 2.84. The number of carbonyl (C=O) groups excluding carboxylic acids is 1. The van der Waals surface area contributed by atoms with Crippen molar-refractivity contribution in [3.8, 4) is 0 Å². The molecule has 1 N–H and O–H groups in total. The summed E-state index contributed by atoms with van der Waals surface area (Å²) in [7, 11) is -3.91. The maximum atomic E-state index is 13.3. The third kappa shape index (κ3) is 6.74. The quantitative estimate of drug-likeness (QED) is 0.335. The van der Waals surface area contributed by atoms with E-state index >= 15 is 0 Å². The maximum Gasteiger partial charge on any atom is 0.255 e. The summed E-state index contributed by atoms with van der Waals surface area (Å²) in [5, 5.41) is 4.46. The van der Waals surface area contributed by atoms with Gasteiger partial charge in [-0.3, -0.25) is 4.79 Å². The zero-order chi connectivity index (χ0) is 23.1. The van der Waals surface area contributed by atoms with E-state index in [9.17, 15) is 13.2 Å². The molecule has 9 heteroatoms. The highest BCUT2D eigenvalue weighted by molar-refractivity contribution is 9.10. The summed E-state index contributed by atoms with van der Waals surface area (Å²) >= 11 is 9.30. The molecule has 0 bridgehead atoms. The summed E-state index contributed by atoms with van der Waals surface area (Å²) in [5.41, 5.74) is 4.78. The van der Waals surface area contributed by atoms with Crippen LogP contribution >= 0.6 is 27.5 Å². The van der Waals surface area contributed by atoms with Crippen LogP contribution in [0.15, 0.2) is 87.3 Å². The van der Waals surface area contributed by atoms with Crippen molar-refractivity contribution in [2.24, 2.45) is 5.10 Å². The number of aryl methyl sites for hydroxylation is 1. The molecule has 0 radical (unpaired) electrons. The van der Waals surface area contributed by atoms with Gasteiger partial charge in [-0.15, -0.1) is 0 Å². The number of amides is 1. The summed E-state index contributed by atoms with van der Waals surface area (Å²) < 4.78 is 28.5. The van der Waals surface area contributed by atoms with E-state index in [1.54, 1.807) is 48.5 Å². The van der Waals surface area contributed by atoms with Crippen LogP contribution in [0.2, 0.25) is 5.02 Å². The van der Waals surface area contributed by atoms with Gasteiger partial charge in [-0.1, -0.05) is 69.5 Å². The van der Waals surface area contributed by atoms with Crippen molar-refractivity contribution in [3.63, 3.8) is 0 Å². The summed E-state index contributed by atoms with van der Waals surface area (Å²) in [6.45, 7) is 1.52. The molecular weight excluding hydrogens is 514 g/mol. The van der Waals surface area contributed by atoms with Crippen molar-refractivity contribution in [2.75, 3.05) is 6.54 Å². The van der Waals surface area contributed by atoms with Gasteiger partial charge >= 0.3 is 0 Å². The lowest BCUT2D eigenvalue weighted by atomic mass is 10.2. The normalized spacial score (nSPS) is 11.8. The van der Waals surface area contributed by atoms with E-state index in [-0.39, 0.29) is 18.0 Å². The second kappa shape index (κ2) is 10.9. The fourth-order valence-corrected chi connectivity index (χ4v) is 4.69. The van der Waals surface area contributed by atoms with Gasteiger partial charge in [0.2, 0.25) is 10.0 Å². The number of carbonyl (C=O) groups is 1. The number of nitrogens with zero attached hydrogens (tertiary/aromatic N) is 2. The number of hydrazone groups is 1. The van der Waals surface area contributed by atoms with Crippen LogP contribution < -0.4 is 5.43 Å². The average Bonchev–Trinajstić information content (AvgIpc) is 2.75. The predicted molar refractivity (Wildman–Crippen MR) is 130 cm³/mol. The molecule has 0 heterocycles. The van der Waals surface area contributed by atoms with Crippen LogP contribution in [0.5, 0.6) is 0 Å². The van der Waals surface area contributed by atoms with E-state index in [4.69, 9.17) is 11.6 Å². The molecular formula is C23H21BrClN3O3S. The van der Waals surface area contributed by atoms with Gasteiger partial charge in [0.15, 0.2) is 0 Å². The standard InChI is InChI=1S/C23H21BrClN3O3S/c1-17-5-11-22(12-6-17)32(30,31)28(15-18-7-9-20(24)10-8-18)16-23(29)27-26-14-19-3-2-4-21(25)13-19/h2-14H,15-16H2,1H3,(H,27,29)/b26-14-. The van der Waals surface area contributed by atoms with Crippen LogP contribution in [-0.4, -0.2) is 31.4 Å². The molecule has 3 aromatic rings. The number of benzene rings is 3. The maximum absolute atomic E-state index is 13.3. The van der Waals surface area contributed by atoms with Crippen molar-refractivity contribution >= 4 is 49.7 Å². The number of rotatable bonds is 8. The minimum atomic E-state index is -3.91. The molecule has 0 saturated heterocycles. The van der Waals surface area contributed by atoms with Crippen molar-refractivity contribution in [2.45, 2.75) is 18.4 Å². The highest BCUT2D eigenvalue weighted by atomic mass is 79.9. The molecule has 166 valence electrons. The Morgan fingerprint density at radius 1 is 1.09 bits per heavy atom. The number of nitrogens with one attached hydrogen (secondary N) is 1. The van der Waals surface area contributed by atoms with Crippen LogP contribution in [0.4, 0.5) is 0 Å². The summed E-state index contributed by atoms with van der Waals surface area (Å²) in [5.74, 6) is -0.559.